The highest BCUT2D eigenvalue weighted by atomic mass is 32.2. The third-order valence-electron chi connectivity index (χ3n) is 1.15. The van der Waals surface area contributed by atoms with Gasteiger partial charge in [-0.3, -0.25) is 0 Å². The van der Waals surface area contributed by atoms with Crippen molar-refractivity contribution in [3.63, 3.8) is 0 Å². The summed E-state index contributed by atoms with van der Waals surface area (Å²) in [6, 6.07) is 0. The maximum atomic E-state index is 11.0. The van der Waals surface area contributed by atoms with Crippen molar-refractivity contribution in [2.75, 3.05) is 12.0 Å². The van der Waals surface area contributed by atoms with Gasteiger partial charge in [0.25, 0.3) is 10.0 Å². The van der Waals surface area contributed by atoms with Crippen molar-refractivity contribution >= 4 is 27.6 Å². The lowest BCUT2D eigenvalue weighted by Crippen LogP contribution is -2.04. The van der Waals surface area contributed by atoms with E-state index in [1.165, 1.54) is 17.8 Å². The van der Waals surface area contributed by atoms with Crippen LogP contribution in [0.1, 0.15) is 0 Å². The van der Waals surface area contributed by atoms with Gasteiger partial charge in [-0.2, -0.15) is 20.2 Å². The molecule has 1 aliphatic heterocycles. The Hall–Kier alpha value is -0.490. The molecule has 0 spiro atoms. The van der Waals surface area contributed by atoms with E-state index in [1.54, 1.807) is 0 Å². The average Bonchev–Trinajstić information content (AvgIpc) is 2.07. The predicted molar refractivity (Wildman–Crippen MR) is 47.0 cm³/mol. The largest absolute Gasteiger partial charge is 0.383 e. The summed E-state index contributed by atoms with van der Waals surface area (Å²) in [5.74, 6) is 0.515. The summed E-state index contributed by atoms with van der Waals surface area (Å²) in [6.45, 7) is 0. The minimum absolute atomic E-state index is 0.0778. The van der Waals surface area contributed by atoms with E-state index in [4.69, 9.17) is 5.73 Å². The lowest BCUT2D eigenvalue weighted by atomic mass is 10.5. The van der Waals surface area contributed by atoms with Gasteiger partial charge in [0.1, 0.15) is 5.84 Å². The summed E-state index contributed by atoms with van der Waals surface area (Å²) < 4.78 is 25.3. The number of nitrogens with two attached hydrogens (primary N) is 1. The topological polar surface area (TPSA) is 72.5 Å². The maximum absolute atomic E-state index is 11.0. The summed E-state index contributed by atoms with van der Waals surface area (Å²) in [5.41, 5.74) is 5.22. The lowest BCUT2D eigenvalue weighted by Gasteiger charge is -1.94. The molecule has 0 aliphatic carbocycles. The normalized spacial score (nSPS) is 21.2. The molecule has 0 unspecified atom stereocenters. The van der Waals surface area contributed by atoms with Crippen LogP contribution in [0, 0.1) is 0 Å². The van der Waals surface area contributed by atoms with Gasteiger partial charge in [-0.15, -0.1) is 4.40 Å². The second-order valence-electron chi connectivity index (χ2n) is 2.03. The first-order chi connectivity index (χ1) is 5.06. The Kier molecular flexibility index (Phi) is 2.24. The molecular weight excluding hydrogens is 184 g/mol. The summed E-state index contributed by atoms with van der Waals surface area (Å²) in [6.07, 6.45) is 3.22. The van der Waals surface area contributed by atoms with E-state index in [0.29, 0.717) is 10.7 Å². The quantitative estimate of drug-likeness (QED) is 0.665. The minimum atomic E-state index is -3.40. The molecule has 0 radical (unpaired) electrons. The van der Waals surface area contributed by atoms with Crippen LogP contribution in [0.3, 0.4) is 0 Å². The van der Waals surface area contributed by atoms with Crippen molar-refractivity contribution in [3.05, 3.63) is 11.0 Å². The third kappa shape index (κ3) is 1.75. The fourth-order valence-corrected chi connectivity index (χ4v) is 2.76. The van der Waals surface area contributed by atoms with Crippen LogP contribution in [0.2, 0.25) is 0 Å². The molecule has 0 atom stereocenters. The molecule has 0 saturated heterocycles. The Morgan fingerprint density at radius 1 is 1.73 bits per heavy atom. The van der Waals surface area contributed by atoms with Gasteiger partial charge < -0.3 is 5.73 Å². The van der Waals surface area contributed by atoms with Crippen LogP contribution in [0.15, 0.2) is 15.4 Å². The molecule has 1 aliphatic rings. The molecule has 1 rings (SSSR count). The molecular formula is C5H8N2O2S2. The molecule has 11 heavy (non-hydrogen) atoms. The number of hydrogen-bond acceptors (Lipinski definition) is 4. The van der Waals surface area contributed by atoms with Crippen molar-refractivity contribution in [2.45, 2.75) is 0 Å². The number of amidine groups is 1. The summed E-state index contributed by atoms with van der Waals surface area (Å²) in [7, 11) is -3.40. The van der Waals surface area contributed by atoms with Gasteiger partial charge in [0, 0.05) is 5.75 Å². The maximum Gasteiger partial charge on any atom is 0.281 e. The standard InChI is InChI=1S/C5H8N2O2S2/c1-10-3-4-2-5(6)7-11(4,8)9/h2H,3H2,1H3,(H2,6,7). The van der Waals surface area contributed by atoms with Gasteiger partial charge in [0.2, 0.25) is 0 Å². The predicted octanol–water partition coefficient (Wildman–Crippen LogP) is -0.0661. The van der Waals surface area contributed by atoms with Crippen molar-refractivity contribution in [2.24, 2.45) is 10.1 Å². The first kappa shape index (κ1) is 8.61. The summed E-state index contributed by atoms with van der Waals surface area (Å²) in [4.78, 5) is 0.294. The number of thioether (sulfide) groups is 1. The van der Waals surface area contributed by atoms with E-state index < -0.39 is 10.0 Å². The molecule has 6 heteroatoms. The van der Waals surface area contributed by atoms with Crippen molar-refractivity contribution in [3.8, 4) is 0 Å². The fraction of sp³-hybridized carbons (Fsp3) is 0.400. The third-order valence-corrected chi connectivity index (χ3v) is 3.31. The highest BCUT2D eigenvalue weighted by Gasteiger charge is 2.21. The van der Waals surface area contributed by atoms with Crippen LogP contribution in [-0.2, 0) is 10.0 Å². The highest BCUT2D eigenvalue weighted by molar-refractivity contribution is 8.01. The van der Waals surface area contributed by atoms with Gasteiger partial charge in [-0.25, -0.2) is 0 Å². The van der Waals surface area contributed by atoms with Crippen LogP contribution in [-0.4, -0.2) is 26.3 Å². The molecule has 0 aromatic heterocycles. The van der Waals surface area contributed by atoms with Gasteiger partial charge >= 0.3 is 0 Å². The van der Waals surface area contributed by atoms with E-state index in [1.807, 2.05) is 6.26 Å². The first-order valence-corrected chi connectivity index (χ1v) is 5.69. The molecule has 0 bridgehead atoms. The number of rotatable bonds is 2. The lowest BCUT2D eigenvalue weighted by molar-refractivity contribution is 0.605. The number of nitrogens with zero attached hydrogens (tertiary/aromatic N) is 1. The molecule has 2 N–H and O–H groups in total. The van der Waals surface area contributed by atoms with Gasteiger partial charge in [0.05, 0.1) is 4.91 Å². The zero-order valence-electron chi connectivity index (χ0n) is 5.94. The minimum Gasteiger partial charge on any atom is -0.383 e. The van der Waals surface area contributed by atoms with Gasteiger partial charge in [-0.05, 0) is 12.3 Å². The van der Waals surface area contributed by atoms with Crippen molar-refractivity contribution in [1.82, 2.24) is 0 Å². The van der Waals surface area contributed by atoms with Crippen LogP contribution < -0.4 is 5.73 Å². The fourth-order valence-electron chi connectivity index (χ4n) is 0.722. The number of hydrogen-bond donors (Lipinski definition) is 1. The smallest absolute Gasteiger partial charge is 0.281 e. The molecule has 4 nitrogen and oxygen atoms in total. The Labute approximate surface area is 69.6 Å². The molecule has 0 fully saturated rings. The Bertz CT molecular complexity index is 315. The molecule has 0 aromatic carbocycles. The SMILES string of the molecule is CSCC1=CC(N)=NS1(=O)=O. The Morgan fingerprint density at radius 2 is 2.36 bits per heavy atom. The first-order valence-electron chi connectivity index (χ1n) is 2.86. The monoisotopic (exact) mass is 192 g/mol. The van der Waals surface area contributed by atoms with E-state index in [9.17, 15) is 8.42 Å². The van der Waals surface area contributed by atoms with Crippen molar-refractivity contribution in [1.29, 1.82) is 0 Å². The Morgan fingerprint density at radius 3 is 2.73 bits per heavy atom. The summed E-state index contributed by atoms with van der Waals surface area (Å²) >= 11 is 1.43. The average molecular weight is 192 g/mol. The summed E-state index contributed by atoms with van der Waals surface area (Å²) in [5, 5.41) is 0. The van der Waals surface area contributed by atoms with E-state index in [2.05, 4.69) is 4.40 Å². The zero-order chi connectivity index (χ0) is 8.48. The van der Waals surface area contributed by atoms with Gasteiger partial charge in [0.15, 0.2) is 0 Å². The van der Waals surface area contributed by atoms with E-state index >= 15 is 0 Å². The second kappa shape index (κ2) is 2.86. The number of sulfonamides is 1. The zero-order valence-corrected chi connectivity index (χ0v) is 7.58. The van der Waals surface area contributed by atoms with Crippen LogP contribution >= 0.6 is 11.8 Å². The molecule has 62 valence electrons. The van der Waals surface area contributed by atoms with E-state index in [0.717, 1.165) is 0 Å². The second-order valence-corrected chi connectivity index (χ2v) is 4.56. The highest BCUT2D eigenvalue weighted by Crippen LogP contribution is 2.18. The molecule has 0 amide bonds. The molecule has 0 saturated carbocycles. The van der Waals surface area contributed by atoms with Crippen molar-refractivity contribution < 1.29 is 8.42 Å². The van der Waals surface area contributed by atoms with Crippen LogP contribution in [0.4, 0.5) is 0 Å². The Balaban J connectivity index is 2.95. The van der Waals surface area contributed by atoms with Crippen LogP contribution in [0.5, 0.6) is 0 Å². The van der Waals surface area contributed by atoms with Crippen LogP contribution in [0.25, 0.3) is 0 Å². The van der Waals surface area contributed by atoms with E-state index in [-0.39, 0.29) is 5.84 Å². The molecule has 0 aromatic rings. The van der Waals surface area contributed by atoms with Gasteiger partial charge in [-0.1, -0.05) is 0 Å². The molecule has 1 heterocycles.